The Morgan fingerprint density at radius 2 is 1.67 bits per heavy atom. The van der Waals surface area contributed by atoms with Crippen molar-refractivity contribution in [2.24, 2.45) is 0 Å². The number of alkyl halides is 3. The number of aliphatic hydroxyl groups is 1. The van der Waals surface area contributed by atoms with Gasteiger partial charge in [0.15, 0.2) is 0 Å². The first kappa shape index (κ1) is 30.4. The molecular formula is C26H27F3N2O6S2. The largest absolute Gasteiger partial charge is 0.497 e. The fourth-order valence-electron chi connectivity index (χ4n) is 3.68. The summed E-state index contributed by atoms with van der Waals surface area (Å²) in [6, 6.07) is 13.3. The first-order valence-electron chi connectivity index (χ1n) is 11.6. The van der Waals surface area contributed by atoms with Crippen molar-refractivity contribution in [2.75, 3.05) is 12.9 Å². The molecule has 0 aliphatic heterocycles. The van der Waals surface area contributed by atoms with Gasteiger partial charge in [0.05, 0.1) is 23.2 Å². The van der Waals surface area contributed by atoms with Gasteiger partial charge in [-0.25, -0.2) is 13.4 Å². The maximum atomic E-state index is 13.2. The van der Waals surface area contributed by atoms with Crippen LogP contribution in [0.15, 0.2) is 76.8 Å². The molecule has 0 saturated heterocycles. The Bertz CT molecular complexity index is 1380. The third-order valence-corrected chi connectivity index (χ3v) is 8.28. The van der Waals surface area contributed by atoms with E-state index in [4.69, 9.17) is 4.74 Å². The minimum atomic E-state index is -4.60. The van der Waals surface area contributed by atoms with E-state index in [1.54, 1.807) is 43.5 Å². The van der Waals surface area contributed by atoms with Gasteiger partial charge in [-0.2, -0.15) is 17.9 Å². The van der Waals surface area contributed by atoms with Crippen molar-refractivity contribution in [1.82, 2.24) is 9.71 Å². The van der Waals surface area contributed by atoms with Crippen molar-refractivity contribution >= 4 is 27.8 Å². The van der Waals surface area contributed by atoms with Crippen LogP contribution in [0, 0.1) is 0 Å². The summed E-state index contributed by atoms with van der Waals surface area (Å²) in [5.74, 6) is -0.858. The number of carbonyl (C=O) groups is 1. The van der Waals surface area contributed by atoms with E-state index in [2.05, 4.69) is 9.71 Å². The molecule has 0 aliphatic rings. The first-order chi connectivity index (χ1) is 18.2. The molecular weight excluding hydrogens is 557 g/mol. The van der Waals surface area contributed by atoms with Gasteiger partial charge in [-0.15, -0.1) is 11.8 Å². The average molecular weight is 585 g/mol. The molecule has 2 atom stereocenters. The monoisotopic (exact) mass is 584 g/mol. The van der Waals surface area contributed by atoms with Crippen molar-refractivity contribution in [3.63, 3.8) is 0 Å². The van der Waals surface area contributed by atoms with Gasteiger partial charge < -0.3 is 14.9 Å². The number of rotatable bonds is 12. The van der Waals surface area contributed by atoms with E-state index in [0.29, 0.717) is 5.75 Å². The van der Waals surface area contributed by atoms with Crippen LogP contribution in [-0.4, -0.2) is 54.1 Å². The number of aromatic nitrogens is 1. The molecule has 13 heteroatoms. The third-order valence-electron chi connectivity index (χ3n) is 5.78. The summed E-state index contributed by atoms with van der Waals surface area (Å²) in [4.78, 5) is 15.4. The smallest absolute Gasteiger partial charge is 0.419 e. The van der Waals surface area contributed by atoms with Gasteiger partial charge in [0.2, 0.25) is 10.0 Å². The van der Waals surface area contributed by atoms with Crippen LogP contribution in [0.2, 0.25) is 0 Å². The lowest BCUT2D eigenvalue weighted by Crippen LogP contribution is -2.46. The van der Waals surface area contributed by atoms with Crippen LogP contribution in [0.1, 0.15) is 25.3 Å². The van der Waals surface area contributed by atoms with Crippen molar-refractivity contribution in [3.05, 3.63) is 72.4 Å². The molecule has 0 amide bonds. The highest BCUT2D eigenvalue weighted by Gasteiger charge is 2.35. The molecule has 8 nitrogen and oxygen atoms in total. The molecule has 0 bridgehead atoms. The topological polar surface area (TPSA) is 126 Å². The number of pyridine rings is 1. The lowest BCUT2D eigenvalue weighted by Gasteiger charge is -2.27. The molecule has 3 rings (SSSR count). The SMILES string of the molecule is COc1ccc(-c2ccc(S(=O)(=O)NC(CC(C)(O)CCSc3ncccc3C(F)(F)F)C(=O)O)cc2)cc1. The maximum absolute atomic E-state index is 13.2. The van der Waals surface area contributed by atoms with Crippen LogP contribution in [0.3, 0.4) is 0 Å². The number of nitrogens with one attached hydrogen (secondary N) is 1. The summed E-state index contributed by atoms with van der Waals surface area (Å²) >= 11 is 0.764. The second-order valence-corrected chi connectivity index (χ2v) is 11.7. The van der Waals surface area contributed by atoms with E-state index in [1.165, 1.54) is 31.3 Å². The quantitative estimate of drug-likeness (QED) is 0.259. The zero-order valence-corrected chi connectivity index (χ0v) is 22.6. The number of carboxylic acid groups (broad SMARTS) is 1. The van der Waals surface area contributed by atoms with Gasteiger partial charge in [0.25, 0.3) is 0 Å². The number of hydrogen-bond acceptors (Lipinski definition) is 7. The van der Waals surface area contributed by atoms with E-state index < -0.39 is 45.8 Å². The predicted octanol–water partition coefficient (Wildman–Crippen LogP) is 4.83. The van der Waals surface area contributed by atoms with E-state index in [9.17, 15) is 36.6 Å². The molecule has 210 valence electrons. The number of hydrogen-bond donors (Lipinski definition) is 3. The Kier molecular flexibility index (Phi) is 9.64. The normalized spacial score (nSPS) is 14.4. The second kappa shape index (κ2) is 12.4. The van der Waals surface area contributed by atoms with Gasteiger partial charge in [-0.05, 0) is 60.9 Å². The van der Waals surface area contributed by atoms with Crippen molar-refractivity contribution in [1.29, 1.82) is 0 Å². The van der Waals surface area contributed by atoms with Crippen LogP contribution < -0.4 is 9.46 Å². The number of sulfonamides is 1. The Labute approximate surface area is 228 Å². The molecule has 2 unspecified atom stereocenters. The van der Waals surface area contributed by atoms with Crippen LogP contribution in [-0.2, 0) is 21.0 Å². The standard InChI is InChI=1S/C26H27F3N2O6S2/c1-25(34,13-15-38-23-21(26(27,28)29)4-3-14-30-23)16-22(24(32)33)31-39(35,36)20-11-7-18(8-12-20)17-5-9-19(37-2)10-6-17/h3-12,14,22,31,34H,13,15-16H2,1-2H3,(H,32,33). The van der Waals surface area contributed by atoms with Gasteiger partial charge >= 0.3 is 12.1 Å². The van der Waals surface area contributed by atoms with Crippen LogP contribution >= 0.6 is 11.8 Å². The maximum Gasteiger partial charge on any atom is 0.419 e. The van der Waals surface area contributed by atoms with E-state index in [0.717, 1.165) is 29.0 Å². The number of halogens is 3. The van der Waals surface area contributed by atoms with E-state index >= 15 is 0 Å². The number of thioether (sulfide) groups is 1. The summed E-state index contributed by atoms with van der Waals surface area (Å²) < 4.78 is 72.5. The molecule has 39 heavy (non-hydrogen) atoms. The number of methoxy groups -OCH3 is 1. The fraction of sp³-hybridized carbons (Fsp3) is 0.308. The number of ether oxygens (including phenoxy) is 1. The van der Waals surface area contributed by atoms with Crippen LogP contribution in [0.25, 0.3) is 11.1 Å². The Morgan fingerprint density at radius 1 is 1.08 bits per heavy atom. The van der Waals surface area contributed by atoms with Gasteiger partial charge in [0.1, 0.15) is 16.8 Å². The lowest BCUT2D eigenvalue weighted by atomic mass is 9.95. The average Bonchev–Trinajstić information content (AvgIpc) is 2.88. The summed E-state index contributed by atoms with van der Waals surface area (Å²) in [5.41, 5.74) is -1.07. The number of benzene rings is 2. The summed E-state index contributed by atoms with van der Waals surface area (Å²) in [6.07, 6.45) is -4.01. The zero-order valence-electron chi connectivity index (χ0n) is 21.0. The van der Waals surface area contributed by atoms with Crippen molar-refractivity contribution < 1.29 is 41.3 Å². The zero-order chi connectivity index (χ0) is 28.8. The molecule has 0 spiro atoms. The molecule has 1 aromatic heterocycles. The number of nitrogens with zero attached hydrogens (tertiary/aromatic N) is 1. The highest BCUT2D eigenvalue weighted by atomic mass is 32.2. The molecule has 0 saturated carbocycles. The van der Waals surface area contributed by atoms with Crippen molar-refractivity contribution in [3.8, 4) is 16.9 Å². The summed E-state index contributed by atoms with van der Waals surface area (Å²) in [5, 5.41) is 20.1. The van der Waals surface area contributed by atoms with Gasteiger partial charge in [-0.1, -0.05) is 24.3 Å². The lowest BCUT2D eigenvalue weighted by molar-refractivity contribution is -0.141. The first-order valence-corrected chi connectivity index (χ1v) is 14.1. The Hall–Kier alpha value is -3.13. The predicted molar refractivity (Wildman–Crippen MR) is 140 cm³/mol. The number of carboxylic acids is 1. The Balaban J connectivity index is 1.65. The summed E-state index contributed by atoms with van der Waals surface area (Å²) in [6.45, 7) is 1.30. The van der Waals surface area contributed by atoms with Gasteiger partial charge in [0, 0.05) is 18.4 Å². The second-order valence-electron chi connectivity index (χ2n) is 8.92. The van der Waals surface area contributed by atoms with Crippen molar-refractivity contribution in [2.45, 2.75) is 47.5 Å². The minimum Gasteiger partial charge on any atom is -0.497 e. The number of aliphatic carboxylic acids is 1. The highest BCUT2D eigenvalue weighted by molar-refractivity contribution is 7.99. The Morgan fingerprint density at radius 3 is 2.21 bits per heavy atom. The fourth-order valence-corrected chi connectivity index (χ4v) is 6.07. The third kappa shape index (κ3) is 8.43. The molecule has 1 heterocycles. The summed E-state index contributed by atoms with van der Waals surface area (Å²) in [7, 11) is -2.73. The van der Waals surface area contributed by atoms with E-state index in [-0.39, 0.29) is 22.1 Å². The molecule has 3 aromatic rings. The van der Waals surface area contributed by atoms with Gasteiger partial charge in [-0.3, -0.25) is 4.79 Å². The molecule has 0 fully saturated rings. The molecule has 3 N–H and O–H groups in total. The van der Waals surface area contributed by atoms with E-state index in [1.807, 2.05) is 0 Å². The minimum absolute atomic E-state index is 0.0149. The van der Waals surface area contributed by atoms with Crippen LogP contribution in [0.4, 0.5) is 13.2 Å². The molecule has 0 radical (unpaired) electrons. The highest BCUT2D eigenvalue weighted by Crippen LogP contribution is 2.36. The van der Waals surface area contributed by atoms with Crippen LogP contribution in [0.5, 0.6) is 5.75 Å². The molecule has 2 aromatic carbocycles. The molecule has 0 aliphatic carbocycles.